The molecule has 2 atom stereocenters. The van der Waals surface area contributed by atoms with Crippen LogP contribution in [0.5, 0.6) is 0 Å². The van der Waals surface area contributed by atoms with Gasteiger partial charge in [0.25, 0.3) is 20.2 Å². The normalized spacial score (nSPS) is 19.1. The molecular weight excluding hydrogens is 492 g/mol. The molecule has 35 heavy (non-hydrogen) atoms. The van der Waals surface area contributed by atoms with Crippen molar-refractivity contribution in [2.45, 2.75) is 42.1 Å². The summed E-state index contributed by atoms with van der Waals surface area (Å²) in [5.41, 5.74) is 2.52. The van der Waals surface area contributed by atoms with Crippen molar-refractivity contribution in [3.63, 3.8) is 0 Å². The number of benzene rings is 3. The molecule has 0 N–H and O–H groups in total. The SMILES string of the molecule is Cc1ccc(S(=O)(=O)OC[C@@H]2OC(c3ccccc3)O[C@H]2COS(=O)(=O)c2ccc(C)cc2)cc1. The van der Waals surface area contributed by atoms with Gasteiger partial charge < -0.3 is 9.47 Å². The Hall–Kier alpha value is -2.60. The second-order valence-electron chi connectivity index (χ2n) is 8.20. The van der Waals surface area contributed by atoms with Gasteiger partial charge in [-0.1, -0.05) is 65.7 Å². The number of rotatable bonds is 9. The van der Waals surface area contributed by atoms with Gasteiger partial charge in [0.1, 0.15) is 12.2 Å². The van der Waals surface area contributed by atoms with Gasteiger partial charge in [-0.2, -0.15) is 16.8 Å². The zero-order chi connectivity index (χ0) is 25.1. The molecule has 3 aromatic rings. The first-order valence-electron chi connectivity index (χ1n) is 10.9. The highest BCUT2D eigenvalue weighted by molar-refractivity contribution is 7.87. The molecule has 1 aliphatic rings. The lowest BCUT2D eigenvalue weighted by molar-refractivity contribution is -0.0750. The summed E-state index contributed by atoms with van der Waals surface area (Å²) in [6.07, 6.45) is -2.62. The minimum absolute atomic E-state index is 0.0105. The fourth-order valence-electron chi connectivity index (χ4n) is 3.44. The van der Waals surface area contributed by atoms with Gasteiger partial charge in [0.05, 0.1) is 23.0 Å². The third kappa shape index (κ3) is 6.35. The fraction of sp³-hybridized carbons (Fsp3) is 0.280. The highest BCUT2D eigenvalue weighted by Gasteiger charge is 2.39. The van der Waals surface area contributed by atoms with Crippen LogP contribution in [0.4, 0.5) is 0 Å². The molecule has 0 bridgehead atoms. The molecular formula is C25H26O8S2. The zero-order valence-corrected chi connectivity index (χ0v) is 20.9. The smallest absolute Gasteiger partial charge is 0.297 e. The Balaban J connectivity index is 1.48. The van der Waals surface area contributed by atoms with Gasteiger partial charge in [-0.05, 0) is 38.1 Å². The van der Waals surface area contributed by atoms with E-state index in [9.17, 15) is 16.8 Å². The molecule has 1 aliphatic heterocycles. The minimum atomic E-state index is -4.06. The molecule has 186 valence electrons. The van der Waals surface area contributed by atoms with E-state index >= 15 is 0 Å². The molecule has 0 saturated carbocycles. The molecule has 0 radical (unpaired) electrons. The van der Waals surface area contributed by atoms with E-state index in [2.05, 4.69) is 0 Å². The van der Waals surface area contributed by atoms with Crippen molar-refractivity contribution in [3.8, 4) is 0 Å². The van der Waals surface area contributed by atoms with Crippen LogP contribution in [0.2, 0.25) is 0 Å². The van der Waals surface area contributed by atoms with Crippen LogP contribution in [0.15, 0.2) is 88.7 Å². The van der Waals surface area contributed by atoms with E-state index < -0.39 is 38.7 Å². The van der Waals surface area contributed by atoms with Crippen molar-refractivity contribution in [1.82, 2.24) is 0 Å². The summed E-state index contributed by atoms with van der Waals surface area (Å²) in [6.45, 7) is 2.94. The fourth-order valence-corrected chi connectivity index (χ4v) is 5.28. The van der Waals surface area contributed by atoms with Crippen LogP contribution in [0, 0.1) is 13.8 Å². The molecule has 0 aliphatic carbocycles. The predicted molar refractivity (Wildman–Crippen MR) is 128 cm³/mol. The van der Waals surface area contributed by atoms with E-state index in [1.807, 2.05) is 19.9 Å². The molecule has 0 spiro atoms. The highest BCUT2D eigenvalue weighted by atomic mass is 32.2. The van der Waals surface area contributed by atoms with Gasteiger partial charge in [0, 0.05) is 5.56 Å². The molecule has 0 amide bonds. The highest BCUT2D eigenvalue weighted by Crippen LogP contribution is 2.32. The van der Waals surface area contributed by atoms with E-state index in [-0.39, 0.29) is 23.0 Å². The quantitative estimate of drug-likeness (QED) is 0.393. The van der Waals surface area contributed by atoms with Crippen LogP contribution in [0.25, 0.3) is 0 Å². The Bertz CT molecular complexity index is 1250. The standard InChI is InChI=1S/C25H26O8S2/c1-18-8-12-21(13-9-18)34(26,27)30-16-23-24(33-25(32-23)20-6-4-3-5-7-20)17-31-35(28,29)22-14-10-19(2)11-15-22/h3-15,23-25H,16-17H2,1-2H3/t23-,24-/m0/s1. The molecule has 1 saturated heterocycles. The molecule has 1 heterocycles. The average Bonchev–Trinajstić information content (AvgIpc) is 3.26. The summed E-state index contributed by atoms with van der Waals surface area (Å²) in [6, 6.07) is 21.5. The summed E-state index contributed by atoms with van der Waals surface area (Å²) < 4.78 is 72.9. The second kappa shape index (κ2) is 10.6. The molecule has 1 fully saturated rings. The van der Waals surface area contributed by atoms with E-state index in [1.54, 1.807) is 48.5 Å². The molecule has 3 aromatic carbocycles. The molecule has 8 nitrogen and oxygen atoms in total. The van der Waals surface area contributed by atoms with E-state index in [4.69, 9.17) is 17.8 Å². The number of hydrogen-bond acceptors (Lipinski definition) is 8. The Morgan fingerprint density at radius 2 is 1.03 bits per heavy atom. The van der Waals surface area contributed by atoms with Crippen LogP contribution in [-0.4, -0.2) is 42.3 Å². The van der Waals surface area contributed by atoms with Crippen molar-refractivity contribution in [3.05, 3.63) is 95.6 Å². The third-order valence-corrected chi connectivity index (χ3v) is 8.07. The van der Waals surface area contributed by atoms with Crippen molar-refractivity contribution in [2.24, 2.45) is 0 Å². The summed E-state index contributed by atoms with van der Waals surface area (Å²) in [5, 5.41) is 0. The Morgan fingerprint density at radius 1 is 0.629 bits per heavy atom. The van der Waals surface area contributed by atoms with Gasteiger partial charge in [-0.3, -0.25) is 8.37 Å². The first kappa shape index (κ1) is 25.5. The summed E-state index contributed by atoms with van der Waals surface area (Å²) in [4.78, 5) is 0.0211. The van der Waals surface area contributed by atoms with Crippen molar-refractivity contribution < 1.29 is 34.7 Å². The third-order valence-electron chi connectivity index (χ3n) is 5.48. The van der Waals surface area contributed by atoms with Gasteiger partial charge in [-0.25, -0.2) is 0 Å². The van der Waals surface area contributed by atoms with Crippen molar-refractivity contribution in [2.75, 3.05) is 13.2 Å². The lowest BCUT2D eigenvalue weighted by Crippen LogP contribution is -2.33. The number of hydrogen-bond donors (Lipinski definition) is 0. The molecule has 4 rings (SSSR count). The van der Waals surface area contributed by atoms with Gasteiger partial charge in [0.2, 0.25) is 0 Å². The van der Waals surface area contributed by atoms with E-state index in [0.29, 0.717) is 5.56 Å². The maximum absolute atomic E-state index is 12.6. The lowest BCUT2D eigenvalue weighted by Gasteiger charge is -2.17. The van der Waals surface area contributed by atoms with Crippen molar-refractivity contribution in [1.29, 1.82) is 0 Å². The Labute approximate surface area is 205 Å². The van der Waals surface area contributed by atoms with Gasteiger partial charge in [0.15, 0.2) is 6.29 Å². The predicted octanol–water partition coefficient (Wildman–Crippen LogP) is 3.90. The van der Waals surface area contributed by atoms with E-state index in [1.165, 1.54) is 24.3 Å². The lowest BCUT2D eigenvalue weighted by atomic mass is 10.2. The zero-order valence-electron chi connectivity index (χ0n) is 19.2. The maximum atomic E-state index is 12.6. The van der Waals surface area contributed by atoms with Crippen LogP contribution in [0.1, 0.15) is 23.0 Å². The Kier molecular flexibility index (Phi) is 7.70. The molecule has 0 unspecified atom stereocenters. The monoisotopic (exact) mass is 518 g/mol. The van der Waals surface area contributed by atoms with Crippen LogP contribution < -0.4 is 0 Å². The van der Waals surface area contributed by atoms with Crippen molar-refractivity contribution >= 4 is 20.2 Å². The van der Waals surface area contributed by atoms with Gasteiger partial charge in [-0.15, -0.1) is 0 Å². The maximum Gasteiger partial charge on any atom is 0.297 e. The van der Waals surface area contributed by atoms with Crippen LogP contribution in [-0.2, 0) is 38.1 Å². The van der Waals surface area contributed by atoms with Crippen LogP contribution >= 0.6 is 0 Å². The molecule has 0 aromatic heterocycles. The average molecular weight is 519 g/mol. The van der Waals surface area contributed by atoms with Gasteiger partial charge >= 0.3 is 0 Å². The topological polar surface area (TPSA) is 105 Å². The van der Waals surface area contributed by atoms with Crippen LogP contribution in [0.3, 0.4) is 0 Å². The first-order valence-corrected chi connectivity index (χ1v) is 13.7. The summed E-state index contributed by atoms with van der Waals surface area (Å²) in [5.74, 6) is 0. The largest absolute Gasteiger partial charge is 0.340 e. The summed E-state index contributed by atoms with van der Waals surface area (Å²) >= 11 is 0. The second-order valence-corrected chi connectivity index (χ2v) is 11.4. The first-order chi connectivity index (χ1) is 16.6. The number of ether oxygens (including phenoxy) is 2. The van der Waals surface area contributed by atoms with E-state index in [0.717, 1.165) is 11.1 Å². The summed E-state index contributed by atoms with van der Waals surface area (Å²) in [7, 11) is -8.11. The number of aryl methyl sites for hydroxylation is 2. The molecule has 10 heteroatoms. The Morgan fingerprint density at radius 3 is 1.43 bits per heavy atom. The minimum Gasteiger partial charge on any atom is -0.340 e.